The highest BCUT2D eigenvalue weighted by atomic mass is 32.1. The summed E-state index contributed by atoms with van der Waals surface area (Å²) in [5.41, 5.74) is -0.412. The predicted molar refractivity (Wildman–Crippen MR) is 124 cm³/mol. The van der Waals surface area contributed by atoms with Crippen LogP contribution in [0.15, 0.2) is 47.4 Å². The van der Waals surface area contributed by atoms with E-state index < -0.39 is 43.8 Å². The fourth-order valence-electron chi connectivity index (χ4n) is 3.20. The summed E-state index contributed by atoms with van der Waals surface area (Å²) in [7, 11) is -4.10. The minimum Gasteiger partial charge on any atom is -0.462 e. The largest absolute Gasteiger partial charge is 0.462 e. The van der Waals surface area contributed by atoms with Crippen LogP contribution in [0, 0.1) is 4.77 Å². The molecule has 1 aromatic carbocycles. The lowest BCUT2D eigenvalue weighted by atomic mass is 10.2. The molecule has 186 valence electrons. The first-order valence-corrected chi connectivity index (χ1v) is 12.6. The van der Waals surface area contributed by atoms with Gasteiger partial charge >= 0.3 is 13.7 Å². The number of rotatable bonds is 10. The van der Waals surface area contributed by atoms with Crippen molar-refractivity contribution in [1.29, 1.82) is 0 Å². The average molecular weight is 516 g/mol. The van der Waals surface area contributed by atoms with Gasteiger partial charge in [0.05, 0.1) is 18.8 Å². The third kappa shape index (κ3) is 7.07. The van der Waals surface area contributed by atoms with E-state index >= 15 is 0 Å². The van der Waals surface area contributed by atoms with Crippen molar-refractivity contribution in [3.8, 4) is 5.75 Å². The molecule has 0 radical (unpaired) electrons. The summed E-state index contributed by atoms with van der Waals surface area (Å²) in [5.74, 6) is -0.389. The van der Waals surface area contributed by atoms with Gasteiger partial charge in [0.15, 0.2) is 11.0 Å². The lowest BCUT2D eigenvalue weighted by Crippen LogP contribution is -2.36. The van der Waals surface area contributed by atoms with E-state index in [0.29, 0.717) is 0 Å². The van der Waals surface area contributed by atoms with E-state index in [1.165, 1.54) is 23.8 Å². The number of halogens is 1. The molecule has 34 heavy (non-hydrogen) atoms. The average Bonchev–Trinajstić information content (AvgIpc) is 3.13. The van der Waals surface area contributed by atoms with Crippen LogP contribution < -0.4 is 15.2 Å². The summed E-state index contributed by atoms with van der Waals surface area (Å²) in [6.07, 6.45) is -2.41. The lowest BCUT2D eigenvalue weighted by Gasteiger charge is -2.24. The SMILES string of the molecule is CC(C)OC(=O)[C@H](C)NP(=O)(OC[C@@H]1C[C@H](F)[C@H](n2ccc(=O)[nH]c2=S)O1)Oc1ccccc1. The third-order valence-corrected chi connectivity index (χ3v) is 6.67. The van der Waals surface area contributed by atoms with Gasteiger partial charge in [0.1, 0.15) is 18.0 Å². The molecular formula is C21H27FN3O7PS. The lowest BCUT2D eigenvalue weighted by molar-refractivity contribution is -0.149. The Kier molecular flexibility index (Phi) is 8.78. The quantitative estimate of drug-likeness (QED) is 0.277. The number of nitrogens with zero attached hydrogens (tertiary/aromatic N) is 1. The van der Waals surface area contributed by atoms with Crippen LogP contribution in [0.1, 0.15) is 33.4 Å². The topological polar surface area (TPSA) is 121 Å². The van der Waals surface area contributed by atoms with Crippen molar-refractivity contribution < 1.29 is 32.3 Å². The molecule has 5 atom stereocenters. The standard InChI is InChI=1S/C21H27FN3O7PS/c1-13(2)30-20(27)14(3)24-33(28,32-15-7-5-4-6-8-15)29-12-16-11-17(22)19(31-16)25-10-9-18(26)23-21(25)34/h4-10,13-14,16-17,19H,11-12H2,1-3H3,(H,24,28)(H,23,26,34)/t14-,16-,17-,19+,33?/m0/s1. The molecule has 0 aliphatic carbocycles. The number of benzene rings is 1. The maximum Gasteiger partial charge on any atom is 0.459 e. The number of carbonyl (C=O) groups is 1. The number of esters is 1. The van der Waals surface area contributed by atoms with Crippen molar-refractivity contribution in [1.82, 2.24) is 14.6 Å². The molecule has 1 aromatic heterocycles. The predicted octanol–water partition coefficient (Wildman–Crippen LogP) is 3.66. The molecule has 1 unspecified atom stereocenters. The van der Waals surface area contributed by atoms with Crippen LogP contribution in [0.25, 0.3) is 0 Å². The first-order chi connectivity index (χ1) is 16.1. The molecule has 2 aromatic rings. The van der Waals surface area contributed by atoms with Gasteiger partial charge in [0.2, 0.25) is 0 Å². The zero-order chi connectivity index (χ0) is 24.9. The fraction of sp³-hybridized carbons (Fsp3) is 0.476. The van der Waals surface area contributed by atoms with E-state index in [0.717, 1.165) is 0 Å². The van der Waals surface area contributed by atoms with Crippen molar-refractivity contribution in [2.75, 3.05) is 6.61 Å². The number of hydrogen-bond acceptors (Lipinski definition) is 8. The molecule has 3 rings (SSSR count). The third-order valence-electron chi connectivity index (χ3n) is 4.71. The second kappa shape index (κ2) is 11.4. The highest BCUT2D eigenvalue weighted by Gasteiger charge is 2.40. The van der Waals surface area contributed by atoms with Crippen LogP contribution in [0.4, 0.5) is 4.39 Å². The number of aromatic amines is 1. The molecule has 1 fully saturated rings. The number of hydrogen-bond donors (Lipinski definition) is 2. The Bertz CT molecular complexity index is 1140. The maximum absolute atomic E-state index is 14.7. The Morgan fingerprint density at radius 2 is 2.03 bits per heavy atom. The van der Waals surface area contributed by atoms with E-state index in [4.69, 9.17) is 30.7 Å². The fourth-order valence-corrected chi connectivity index (χ4v) is 4.98. The molecule has 1 saturated heterocycles. The molecular weight excluding hydrogens is 488 g/mol. The molecule has 2 N–H and O–H groups in total. The number of aromatic nitrogens is 2. The molecule has 0 amide bonds. The summed E-state index contributed by atoms with van der Waals surface area (Å²) in [5, 5.41) is 2.57. The Balaban J connectivity index is 1.71. The summed E-state index contributed by atoms with van der Waals surface area (Å²) in [6.45, 7) is 4.55. The first-order valence-electron chi connectivity index (χ1n) is 10.6. The minimum absolute atomic E-state index is 0.0129. The minimum atomic E-state index is -4.10. The maximum atomic E-state index is 14.7. The van der Waals surface area contributed by atoms with Gasteiger partial charge in [-0.1, -0.05) is 18.2 Å². The second-order valence-corrected chi connectivity index (χ2v) is 10.0. The van der Waals surface area contributed by atoms with Crippen molar-refractivity contribution in [2.24, 2.45) is 0 Å². The van der Waals surface area contributed by atoms with Crippen LogP contribution in [0.2, 0.25) is 0 Å². The van der Waals surface area contributed by atoms with Gasteiger partial charge in [-0.05, 0) is 45.1 Å². The first kappa shape index (κ1) is 26.2. The van der Waals surface area contributed by atoms with Gasteiger partial charge in [-0.15, -0.1) is 0 Å². The summed E-state index contributed by atoms with van der Waals surface area (Å²) >= 11 is 5.08. The molecule has 0 spiro atoms. The van der Waals surface area contributed by atoms with E-state index in [2.05, 4.69) is 10.1 Å². The van der Waals surface area contributed by atoms with Gasteiger partial charge in [0, 0.05) is 18.7 Å². The molecule has 13 heteroatoms. The number of alkyl halides is 1. The number of para-hydroxylation sites is 1. The summed E-state index contributed by atoms with van der Waals surface area (Å²) < 4.78 is 51.5. The van der Waals surface area contributed by atoms with E-state index in [1.807, 2.05) is 0 Å². The van der Waals surface area contributed by atoms with E-state index in [9.17, 15) is 18.5 Å². The number of ether oxygens (including phenoxy) is 2. The van der Waals surface area contributed by atoms with E-state index in [1.54, 1.807) is 44.2 Å². The molecule has 10 nitrogen and oxygen atoms in total. The number of H-pyrrole nitrogens is 1. The van der Waals surface area contributed by atoms with Crippen molar-refractivity contribution in [3.05, 3.63) is 57.7 Å². The van der Waals surface area contributed by atoms with Crippen LogP contribution >= 0.6 is 20.0 Å². The molecule has 0 bridgehead atoms. The highest BCUT2D eigenvalue weighted by Crippen LogP contribution is 2.46. The van der Waals surface area contributed by atoms with Gasteiger partial charge in [0.25, 0.3) is 5.56 Å². The normalized spacial score (nSPS) is 22.8. The van der Waals surface area contributed by atoms with Crippen molar-refractivity contribution in [2.45, 2.75) is 57.8 Å². The van der Waals surface area contributed by atoms with E-state index in [-0.39, 0.29) is 29.7 Å². The van der Waals surface area contributed by atoms with Gasteiger partial charge < -0.3 is 14.0 Å². The molecule has 0 saturated carbocycles. The number of carbonyl (C=O) groups excluding carboxylic acids is 1. The van der Waals surface area contributed by atoms with Gasteiger partial charge in [-0.2, -0.15) is 5.09 Å². The highest BCUT2D eigenvalue weighted by molar-refractivity contribution is 7.71. The summed E-state index contributed by atoms with van der Waals surface area (Å²) in [6, 6.07) is 8.47. The van der Waals surface area contributed by atoms with Crippen LogP contribution in [0.5, 0.6) is 5.75 Å². The van der Waals surface area contributed by atoms with Crippen LogP contribution in [-0.2, 0) is 23.4 Å². The molecule has 2 heterocycles. The van der Waals surface area contributed by atoms with Crippen LogP contribution in [-0.4, -0.2) is 46.5 Å². The Labute approximate surface area is 201 Å². The number of nitrogens with one attached hydrogen (secondary N) is 2. The zero-order valence-corrected chi connectivity index (χ0v) is 20.6. The molecule has 1 aliphatic rings. The Morgan fingerprint density at radius 3 is 2.68 bits per heavy atom. The monoisotopic (exact) mass is 515 g/mol. The van der Waals surface area contributed by atoms with Gasteiger partial charge in [-0.3, -0.25) is 23.7 Å². The van der Waals surface area contributed by atoms with Crippen LogP contribution in [0.3, 0.4) is 0 Å². The Morgan fingerprint density at radius 1 is 1.32 bits per heavy atom. The Hall–Kier alpha value is -2.37. The van der Waals surface area contributed by atoms with Gasteiger partial charge in [-0.25, -0.2) is 8.96 Å². The summed E-state index contributed by atoms with van der Waals surface area (Å²) in [4.78, 5) is 26.0. The smallest absolute Gasteiger partial charge is 0.459 e. The second-order valence-electron chi connectivity index (χ2n) is 7.95. The molecule has 1 aliphatic heterocycles. The van der Waals surface area contributed by atoms with Crippen molar-refractivity contribution >= 4 is 25.9 Å². The van der Waals surface area contributed by atoms with Crippen molar-refractivity contribution in [3.63, 3.8) is 0 Å². The zero-order valence-electron chi connectivity index (χ0n) is 18.9.